The number of nitrogens with zero attached hydrogens (tertiary/aromatic N) is 3. The number of hydrogen-bond donors (Lipinski definition) is 1. The van der Waals surface area contributed by atoms with Crippen molar-refractivity contribution in [3.8, 4) is 11.5 Å². The van der Waals surface area contributed by atoms with Gasteiger partial charge in [0.1, 0.15) is 5.82 Å². The van der Waals surface area contributed by atoms with Crippen LogP contribution >= 0.6 is 0 Å². The highest BCUT2D eigenvalue weighted by Gasteiger charge is 2.12. The van der Waals surface area contributed by atoms with Crippen LogP contribution in [0.1, 0.15) is 18.8 Å². The Hall–Kier alpha value is -1.82. The van der Waals surface area contributed by atoms with Gasteiger partial charge in [-0.05, 0) is 13.0 Å². The lowest BCUT2D eigenvalue weighted by Crippen LogP contribution is -2.06. The monoisotopic (exact) mass is 208 g/mol. The molecule has 0 radical (unpaired) electrons. The van der Waals surface area contributed by atoms with Crippen LogP contribution in [0, 0.1) is 5.82 Å². The molecule has 0 amide bonds. The normalized spacial score (nSPS) is 12.7. The van der Waals surface area contributed by atoms with Crippen molar-refractivity contribution in [3.63, 3.8) is 0 Å². The van der Waals surface area contributed by atoms with Crippen molar-refractivity contribution in [2.45, 2.75) is 13.0 Å². The summed E-state index contributed by atoms with van der Waals surface area (Å²) in [6.45, 7) is 1.73. The molecule has 6 heteroatoms. The summed E-state index contributed by atoms with van der Waals surface area (Å²) in [4.78, 5) is 7.69. The molecular formula is C9H9FN4O. The van der Waals surface area contributed by atoms with Crippen molar-refractivity contribution in [3.05, 3.63) is 30.1 Å². The van der Waals surface area contributed by atoms with E-state index in [9.17, 15) is 4.39 Å². The number of nitrogens with two attached hydrogens (primary N) is 1. The lowest BCUT2D eigenvalue weighted by atomic mass is 10.3. The summed E-state index contributed by atoms with van der Waals surface area (Å²) in [5.74, 6) is 0.150. The standard InChI is InChI=1S/C9H9FN4O/c1-5(11)8-13-9(15-14-8)6-2-7(10)4-12-3-6/h2-5H,11H2,1H3. The van der Waals surface area contributed by atoms with E-state index in [0.717, 1.165) is 6.20 Å². The minimum atomic E-state index is -0.451. The van der Waals surface area contributed by atoms with E-state index in [1.54, 1.807) is 6.92 Å². The molecule has 1 unspecified atom stereocenters. The molecule has 0 spiro atoms. The summed E-state index contributed by atoms with van der Waals surface area (Å²) >= 11 is 0. The molecule has 5 nitrogen and oxygen atoms in total. The molecule has 0 aliphatic rings. The van der Waals surface area contributed by atoms with Crippen LogP contribution in [0.5, 0.6) is 0 Å². The van der Waals surface area contributed by atoms with Gasteiger partial charge in [-0.15, -0.1) is 0 Å². The Morgan fingerprint density at radius 1 is 1.47 bits per heavy atom. The van der Waals surface area contributed by atoms with E-state index in [1.807, 2.05) is 0 Å². The number of rotatable bonds is 2. The van der Waals surface area contributed by atoms with Gasteiger partial charge in [-0.25, -0.2) is 4.39 Å². The van der Waals surface area contributed by atoms with Gasteiger partial charge in [0.15, 0.2) is 5.82 Å². The second kappa shape index (κ2) is 3.74. The molecule has 0 bridgehead atoms. The summed E-state index contributed by atoms with van der Waals surface area (Å²) in [7, 11) is 0. The average Bonchev–Trinajstić information content (AvgIpc) is 2.66. The molecule has 2 aromatic heterocycles. The van der Waals surface area contributed by atoms with Crippen molar-refractivity contribution < 1.29 is 8.91 Å². The van der Waals surface area contributed by atoms with E-state index < -0.39 is 5.82 Å². The second-order valence-electron chi connectivity index (χ2n) is 3.14. The quantitative estimate of drug-likeness (QED) is 0.804. The molecule has 0 aromatic carbocycles. The van der Waals surface area contributed by atoms with Crippen LogP contribution in [-0.2, 0) is 0 Å². The van der Waals surface area contributed by atoms with E-state index in [1.165, 1.54) is 12.3 Å². The Morgan fingerprint density at radius 2 is 2.27 bits per heavy atom. The average molecular weight is 208 g/mol. The topological polar surface area (TPSA) is 77.8 Å². The lowest BCUT2D eigenvalue weighted by molar-refractivity contribution is 0.418. The highest BCUT2D eigenvalue weighted by atomic mass is 19.1. The number of hydrogen-bond acceptors (Lipinski definition) is 5. The maximum atomic E-state index is 12.8. The zero-order chi connectivity index (χ0) is 10.8. The summed E-state index contributed by atoms with van der Waals surface area (Å²) in [5, 5.41) is 3.66. The molecule has 78 valence electrons. The van der Waals surface area contributed by atoms with Gasteiger partial charge in [0.05, 0.1) is 17.8 Å². The molecule has 0 saturated carbocycles. The number of aromatic nitrogens is 3. The van der Waals surface area contributed by atoms with Crippen LogP contribution < -0.4 is 5.73 Å². The third-order valence-corrected chi connectivity index (χ3v) is 1.80. The molecule has 0 fully saturated rings. The molecule has 2 rings (SSSR count). The Bertz CT molecular complexity index is 469. The Kier molecular flexibility index (Phi) is 2.42. The number of halogens is 1. The summed E-state index contributed by atoms with van der Waals surface area (Å²) in [6.07, 6.45) is 2.55. The fourth-order valence-corrected chi connectivity index (χ4v) is 1.07. The van der Waals surface area contributed by atoms with Crippen LogP contribution in [0.2, 0.25) is 0 Å². The molecule has 2 N–H and O–H groups in total. The fourth-order valence-electron chi connectivity index (χ4n) is 1.07. The van der Waals surface area contributed by atoms with Gasteiger partial charge in [-0.3, -0.25) is 4.98 Å². The van der Waals surface area contributed by atoms with E-state index >= 15 is 0 Å². The van der Waals surface area contributed by atoms with E-state index in [-0.39, 0.29) is 11.9 Å². The maximum Gasteiger partial charge on any atom is 0.259 e. The number of pyridine rings is 1. The third kappa shape index (κ3) is 1.99. The maximum absolute atomic E-state index is 12.8. The minimum absolute atomic E-state index is 0.217. The first kappa shape index (κ1) is 9.72. The summed E-state index contributed by atoms with van der Waals surface area (Å²) in [5.41, 5.74) is 6.00. The zero-order valence-corrected chi connectivity index (χ0v) is 8.01. The SMILES string of the molecule is CC(N)c1noc(-c2cncc(F)c2)n1. The van der Waals surface area contributed by atoms with Gasteiger partial charge in [-0.2, -0.15) is 4.98 Å². The Morgan fingerprint density at radius 3 is 2.87 bits per heavy atom. The van der Waals surface area contributed by atoms with Crippen LogP contribution in [0.4, 0.5) is 4.39 Å². The largest absolute Gasteiger partial charge is 0.334 e. The van der Waals surface area contributed by atoms with Gasteiger partial charge in [-0.1, -0.05) is 5.16 Å². The third-order valence-electron chi connectivity index (χ3n) is 1.80. The van der Waals surface area contributed by atoms with Crippen LogP contribution in [-0.4, -0.2) is 15.1 Å². The second-order valence-corrected chi connectivity index (χ2v) is 3.14. The first-order valence-electron chi connectivity index (χ1n) is 4.37. The fraction of sp³-hybridized carbons (Fsp3) is 0.222. The van der Waals surface area contributed by atoms with E-state index in [2.05, 4.69) is 15.1 Å². The van der Waals surface area contributed by atoms with Gasteiger partial charge >= 0.3 is 0 Å². The smallest absolute Gasteiger partial charge is 0.259 e. The zero-order valence-electron chi connectivity index (χ0n) is 8.01. The predicted molar refractivity (Wildman–Crippen MR) is 50.1 cm³/mol. The van der Waals surface area contributed by atoms with E-state index in [0.29, 0.717) is 11.4 Å². The molecular weight excluding hydrogens is 199 g/mol. The van der Waals surface area contributed by atoms with Crippen LogP contribution in [0.25, 0.3) is 11.5 Å². The van der Waals surface area contributed by atoms with Crippen molar-refractivity contribution >= 4 is 0 Å². The lowest BCUT2D eigenvalue weighted by Gasteiger charge is -1.94. The predicted octanol–water partition coefficient (Wildman–Crippen LogP) is 1.29. The van der Waals surface area contributed by atoms with Crippen molar-refractivity contribution in [1.82, 2.24) is 15.1 Å². The molecule has 0 aliphatic carbocycles. The molecule has 2 heterocycles. The Balaban J connectivity index is 2.37. The summed E-state index contributed by atoms with van der Waals surface area (Å²) in [6, 6.07) is 0.954. The highest BCUT2D eigenvalue weighted by Crippen LogP contribution is 2.18. The van der Waals surface area contributed by atoms with Crippen molar-refractivity contribution in [1.29, 1.82) is 0 Å². The highest BCUT2D eigenvalue weighted by molar-refractivity contribution is 5.50. The van der Waals surface area contributed by atoms with Gasteiger partial charge in [0, 0.05) is 6.20 Å². The summed E-state index contributed by atoms with van der Waals surface area (Å²) < 4.78 is 17.8. The van der Waals surface area contributed by atoms with Gasteiger partial charge in [0.2, 0.25) is 0 Å². The van der Waals surface area contributed by atoms with Crippen molar-refractivity contribution in [2.75, 3.05) is 0 Å². The van der Waals surface area contributed by atoms with Crippen LogP contribution in [0.15, 0.2) is 23.0 Å². The Labute approximate surface area is 85.1 Å². The molecule has 2 aromatic rings. The van der Waals surface area contributed by atoms with Gasteiger partial charge < -0.3 is 10.3 Å². The molecule has 0 aliphatic heterocycles. The van der Waals surface area contributed by atoms with E-state index in [4.69, 9.17) is 10.3 Å². The minimum Gasteiger partial charge on any atom is -0.334 e. The van der Waals surface area contributed by atoms with Crippen molar-refractivity contribution in [2.24, 2.45) is 5.73 Å². The first-order valence-corrected chi connectivity index (χ1v) is 4.37. The first-order chi connectivity index (χ1) is 7.16. The van der Waals surface area contributed by atoms with Crippen LogP contribution in [0.3, 0.4) is 0 Å². The molecule has 0 saturated heterocycles. The molecule has 15 heavy (non-hydrogen) atoms. The van der Waals surface area contributed by atoms with Gasteiger partial charge in [0.25, 0.3) is 5.89 Å². The molecule has 1 atom stereocenters.